The molecule has 0 atom stereocenters. The number of anilines is 1. The monoisotopic (exact) mass is 232 g/mol. The summed E-state index contributed by atoms with van der Waals surface area (Å²) in [6.07, 6.45) is 1.81. The van der Waals surface area contributed by atoms with Crippen LogP contribution in [0.1, 0.15) is 12.5 Å². The largest absolute Gasteiger partial charge is 0.363 e. The Bertz CT molecular complexity index is 281. The van der Waals surface area contributed by atoms with E-state index < -0.39 is 0 Å². The van der Waals surface area contributed by atoms with E-state index in [9.17, 15) is 0 Å². The van der Waals surface area contributed by atoms with Crippen molar-refractivity contribution < 1.29 is 0 Å². The number of hydrogen-bond acceptors (Lipinski definition) is 2. The number of hydrogen-bond donors (Lipinski definition) is 1. The zero-order valence-electron chi connectivity index (χ0n) is 8.35. The molecule has 2 nitrogen and oxygen atoms in total. The second-order valence-electron chi connectivity index (χ2n) is 3.67. The number of halogens is 2. The molecule has 0 unspecified atom stereocenters. The van der Waals surface area contributed by atoms with Crippen LogP contribution in [-0.4, -0.2) is 22.3 Å². The van der Waals surface area contributed by atoms with Gasteiger partial charge in [0.25, 0.3) is 0 Å². The Hall–Kier alpha value is -0.470. The lowest BCUT2D eigenvalue weighted by atomic mass is 10.1. The minimum atomic E-state index is -0.300. The first kappa shape index (κ1) is 11.6. The van der Waals surface area contributed by atoms with Crippen molar-refractivity contribution >= 4 is 29.0 Å². The molecule has 0 aliphatic rings. The molecule has 0 radical (unpaired) electrons. The highest BCUT2D eigenvalue weighted by molar-refractivity contribution is 6.22. The van der Waals surface area contributed by atoms with E-state index in [1.165, 1.54) is 0 Å². The first-order chi connectivity index (χ1) is 6.59. The van der Waals surface area contributed by atoms with Gasteiger partial charge in [-0.25, -0.2) is 4.98 Å². The Labute approximate surface area is 94.6 Å². The summed E-state index contributed by atoms with van der Waals surface area (Å²) in [5, 5.41) is 3.21. The lowest BCUT2D eigenvalue weighted by Gasteiger charge is -2.26. The number of pyridine rings is 1. The maximum absolute atomic E-state index is 5.82. The molecule has 0 bridgehead atoms. The molecule has 0 aromatic carbocycles. The SMILES string of the molecule is Cc1ccc(NC(C)(CCl)CCl)nc1. The van der Waals surface area contributed by atoms with E-state index in [0.29, 0.717) is 11.8 Å². The highest BCUT2D eigenvalue weighted by Crippen LogP contribution is 2.16. The van der Waals surface area contributed by atoms with Gasteiger partial charge in [0.05, 0.1) is 5.54 Å². The average molecular weight is 233 g/mol. The molecule has 0 spiro atoms. The van der Waals surface area contributed by atoms with Crippen molar-refractivity contribution in [2.75, 3.05) is 17.1 Å². The molecule has 1 rings (SSSR count). The van der Waals surface area contributed by atoms with E-state index in [1.54, 1.807) is 0 Å². The molecule has 78 valence electrons. The molecular weight excluding hydrogens is 219 g/mol. The van der Waals surface area contributed by atoms with Gasteiger partial charge in [0.15, 0.2) is 0 Å². The standard InChI is InChI=1S/C10H14Cl2N2/c1-8-3-4-9(13-5-8)14-10(2,6-11)7-12/h3-5H,6-7H2,1-2H3,(H,13,14). The van der Waals surface area contributed by atoms with Crippen LogP contribution in [0.25, 0.3) is 0 Å². The van der Waals surface area contributed by atoms with Gasteiger partial charge in [-0.3, -0.25) is 0 Å². The first-order valence-corrected chi connectivity index (χ1v) is 5.49. The van der Waals surface area contributed by atoms with Crippen LogP contribution in [0.4, 0.5) is 5.82 Å². The van der Waals surface area contributed by atoms with Gasteiger partial charge in [-0.05, 0) is 25.5 Å². The minimum absolute atomic E-state index is 0.300. The van der Waals surface area contributed by atoms with E-state index in [1.807, 2.05) is 32.2 Å². The van der Waals surface area contributed by atoms with Crippen molar-refractivity contribution in [1.82, 2.24) is 4.98 Å². The maximum atomic E-state index is 5.82. The number of nitrogens with one attached hydrogen (secondary N) is 1. The fraction of sp³-hybridized carbons (Fsp3) is 0.500. The van der Waals surface area contributed by atoms with E-state index in [0.717, 1.165) is 11.4 Å². The Morgan fingerprint density at radius 1 is 1.36 bits per heavy atom. The van der Waals surface area contributed by atoms with Crippen LogP contribution in [0.2, 0.25) is 0 Å². The second-order valence-corrected chi connectivity index (χ2v) is 4.21. The lowest BCUT2D eigenvalue weighted by Crippen LogP contribution is -2.39. The van der Waals surface area contributed by atoms with Gasteiger partial charge in [-0.2, -0.15) is 0 Å². The summed E-state index contributed by atoms with van der Waals surface area (Å²) in [5.41, 5.74) is 0.833. The van der Waals surface area contributed by atoms with Crippen LogP contribution >= 0.6 is 23.2 Å². The molecule has 0 amide bonds. The molecule has 1 N–H and O–H groups in total. The summed E-state index contributed by atoms with van der Waals surface area (Å²) in [6.45, 7) is 3.97. The van der Waals surface area contributed by atoms with E-state index in [4.69, 9.17) is 23.2 Å². The summed E-state index contributed by atoms with van der Waals surface area (Å²) in [4.78, 5) is 4.23. The predicted octanol–water partition coefficient (Wildman–Crippen LogP) is 3.04. The topological polar surface area (TPSA) is 24.9 Å². The third-order valence-corrected chi connectivity index (χ3v) is 3.11. The predicted molar refractivity (Wildman–Crippen MR) is 62.4 cm³/mol. The van der Waals surface area contributed by atoms with Gasteiger partial charge in [0, 0.05) is 18.0 Å². The quantitative estimate of drug-likeness (QED) is 0.808. The molecule has 4 heteroatoms. The maximum Gasteiger partial charge on any atom is 0.126 e. The molecule has 0 fully saturated rings. The van der Waals surface area contributed by atoms with Crippen LogP contribution in [0.3, 0.4) is 0 Å². The molecular formula is C10H14Cl2N2. The van der Waals surface area contributed by atoms with Gasteiger partial charge >= 0.3 is 0 Å². The van der Waals surface area contributed by atoms with Gasteiger partial charge < -0.3 is 5.32 Å². The number of aryl methyl sites for hydroxylation is 1. The van der Waals surface area contributed by atoms with Crippen LogP contribution in [0, 0.1) is 6.92 Å². The van der Waals surface area contributed by atoms with Crippen molar-refractivity contribution in [3.05, 3.63) is 23.9 Å². The molecule has 1 heterocycles. The third kappa shape index (κ3) is 3.03. The molecule has 1 aromatic rings. The van der Waals surface area contributed by atoms with Crippen LogP contribution in [0.15, 0.2) is 18.3 Å². The van der Waals surface area contributed by atoms with Crippen LogP contribution < -0.4 is 5.32 Å². The normalized spacial score (nSPS) is 11.4. The Morgan fingerprint density at radius 2 is 2.00 bits per heavy atom. The summed E-state index contributed by atoms with van der Waals surface area (Å²) >= 11 is 11.6. The zero-order valence-corrected chi connectivity index (χ0v) is 9.86. The van der Waals surface area contributed by atoms with Crippen LogP contribution in [0.5, 0.6) is 0 Å². The Kier molecular flexibility index (Phi) is 4.02. The number of aromatic nitrogens is 1. The number of alkyl halides is 2. The molecule has 0 aliphatic carbocycles. The highest BCUT2D eigenvalue weighted by Gasteiger charge is 2.21. The average Bonchev–Trinajstić information content (AvgIpc) is 2.21. The number of nitrogens with zero attached hydrogens (tertiary/aromatic N) is 1. The zero-order chi connectivity index (χ0) is 10.6. The van der Waals surface area contributed by atoms with Gasteiger partial charge in [-0.1, -0.05) is 6.07 Å². The van der Waals surface area contributed by atoms with Gasteiger partial charge in [-0.15, -0.1) is 23.2 Å². The first-order valence-electron chi connectivity index (χ1n) is 4.42. The Balaban J connectivity index is 2.72. The molecule has 0 aliphatic heterocycles. The van der Waals surface area contributed by atoms with Crippen molar-refractivity contribution in [3.63, 3.8) is 0 Å². The van der Waals surface area contributed by atoms with Gasteiger partial charge in [0.1, 0.15) is 5.82 Å². The highest BCUT2D eigenvalue weighted by atomic mass is 35.5. The van der Waals surface area contributed by atoms with Crippen LogP contribution in [-0.2, 0) is 0 Å². The fourth-order valence-corrected chi connectivity index (χ4v) is 1.37. The lowest BCUT2D eigenvalue weighted by molar-refractivity contribution is 0.645. The van der Waals surface area contributed by atoms with E-state index in [2.05, 4.69) is 10.3 Å². The molecule has 14 heavy (non-hydrogen) atoms. The molecule has 0 saturated carbocycles. The van der Waals surface area contributed by atoms with Crippen molar-refractivity contribution in [3.8, 4) is 0 Å². The third-order valence-electron chi connectivity index (χ3n) is 1.93. The van der Waals surface area contributed by atoms with Crippen molar-refractivity contribution in [2.24, 2.45) is 0 Å². The van der Waals surface area contributed by atoms with Gasteiger partial charge in [0.2, 0.25) is 0 Å². The Morgan fingerprint density at radius 3 is 2.43 bits per heavy atom. The fourth-order valence-electron chi connectivity index (χ4n) is 0.953. The molecule has 0 saturated heterocycles. The minimum Gasteiger partial charge on any atom is -0.363 e. The summed E-state index contributed by atoms with van der Waals surface area (Å²) in [7, 11) is 0. The smallest absolute Gasteiger partial charge is 0.126 e. The summed E-state index contributed by atoms with van der Waals surface area (Å²) < 4.78 is 0. The summed E-state index contributed by atoms with van der Waals surface area (Å²) in [6, 6.07) is 3.92. The summed E-state index contributed by atoms with van der Waals surface area (Å²) in [5.74, 6) is 1.71. The van der Waals surface area contributed by atoms with Crippen molar-refractivity contribution in [1.29, 1.82) is 0 Å². The second kappa shape index (κ2) is 4.85. The van der Waals surface area contributed by atoms with E-state index >= 15 is 0 Å². The van der Waals surface area contributed by atoms with Crippen molar-refractivity contribution in [2.45, 2.75) is 19.4 Å². The van der Waals surface area contributed by atoms with E-state index in [-0.39, 0.29) is 5.54 Å². The number of rotatable bonds is 4. The molecule has 1 aromatic heterocycles.